The van der Waals surface area contributed by atoms with Crippen LogP contribution in [-0.4, -0.2) is 39.8 Å². The van der Waals surface area contributed by atoms with Gasteiger partial charge in [-0.05, 0) is 61.2 Å². The lowest BCUT2D eigenvalue weighted by Gasteiger charge is -2.22. The largest absolute Gasteiger partial charge is 0.492 e. The minimum Gasteiger partial charge on any atom is -0.492 e. The molecule has 0 radical (unpaired) electrons. The van der Waals surface area contributed by atoms with Gasteiger partial charge >= 0.3 is 0 Å². The molecule has 0 aliphatic carbocycles. The van der Waals surface area contributed by atoms with Gasteiger partial charge in [-0.25, -0.2) is 8.42 Å². The van der Waals surface area contributed by atoms with Crippen molar-refractivity contribution in [1.82, 2.24) is 5.32 Å². The van der Waals surface area contributed by atoms with Gasteiger partial charge < -0.3 is 10.1 Å². The van der Waals surface area contributed by atoms with Crippen molar-refractivity contribution < 1.29 is 17.9 Å². The Kier molecular flexibility index (Phi) is 7.89. The number of carbonyl (C=O) groups is 1. The molecule has 30 heavy (non-hydrogen) atoms. The highest BCUT2D eigenvalue weighted by molar-refractivity contribution is 7.92. The number of nitrogens with one attached hydrogen (secondary N) is 1. The number of amides is 1. The number of ether oxygens (including phenoxy) is 1. The number of carbonyl (C=O) groups excluding carboxylic acids is 1. The van der Waals surface area contributed by atoms with Crippen molar-refractivity contribution in [2.75, 3.05) is 29.8 Å². The van der Waals surface area contributed by atoms with E-state index in [-0.39, 0.29) is 17.1 Å². The summed E-state index contributed by atoms with van der Waals surface area (Å²) in [6.45, 7) is 10.9. The van der Waals surface area contributed by atoms with Gasteiger partial charge in [0.25, 0.3) is 5.91 Å². The lowest BCUT2D eigenvalue weighted by Crippen LogP contribution is -2.32. The maximum absolute atomic E-state index is 12.3. The molecule has 0 atom stereocenters. The Labute approximate surface area is 180 Å². The third kappa shape index (κ3) is 6.23. The summed E-state index contributed by atoms with van der Waals surface area (Å²) in [7, 11) is -3.34. The van der Waals surface area contributed by atoms with Crippen LogP contribution in [0.5, 0.6) is 5.75 Å². The van der Waals surface area contributed by atoms with Crippen LogP contribution in [0.25, 0.3) is 0 Å². The topological polar surface area (TPSA) is 75.7 Å². The van der Waals surface area contributed by atoms with Gasteiger partial charge in [0.15, 0.2) is 0 Å². The molecular formula is C23H32N2O4S. The standard InChI is InChI=1S/C23H32N2O4S/c1-6-25(30(27,28)7-2)20-12-8-18(9-13-20)22(26)24-16-17-29-21-14-10-19(11-15-21)23(3,4)5/h8-15H,6-7,16-17H2,1-5H3,(H,24,26). The van der Waals surface area contributed by atoms with Crippen molar-refractivity contribution in [2.45, 2.75) is 40.0 Å². The van der Waals surface area contributed by atoms with Crippen LogP contribution in [0.3, 0.4) is 0 Å². The molecule has 2 aromatic carbocycles. The van der Waals surface area contributed by atoms with E-state index >= 15 is 0 Å². The van der Waals surface area contributed by atoms with E-state index in [4.69, 9.17) is 4.74 Å². The maximum atomic E-state index is 12.3. The molecular weight excluding hydrogens is 400 g/mol. The zero-order valence-corrected chi connectivity index (χ0v) is 19.3. The highest BCUT2D eigenvalue weighted by atomic mass is 32.2. The zero-order valence-electron chi connectivity index (χ0n) is 18.4. The Morgan fingerprint density at radius 3 is 2.10 bits per heavy atom. The minimum absolute atomic E-state index is 0.0298. The van der Waals surface area contributed by atoms with Crippen molar-refractivity contribution in [3.63, 3.8) is 0 Å². The van der Waals surface area contributed by atoms with Crippen LogP contribution in [0.2, 0.25) is 0 Å². The lowest BCUT2D eigenvalue weighted by molar-refractivity contribution is 0.0947. The number of sulfonamides is 1. The fraction of sp³-hybridized carbons (Fsp3) is 0.435. The van der Waals surface area contributed by atoms with E-state index < -0.39 is 10.0 Å². The first kappa shape index (κ1) is 23.7. The number of rotatable bonds is 9. The van der Waals surface area contributed by atoms with Gasteiger partial charge in [0, 0.05) is 12.1 Å². The Bertz CT molecular complexity index is 931. The lowest BCUT2D eigenvalue weighted by atomic mass is 9.87. The first-order valence-electron chi connectivity index (χ1n) is 10.2. The maximum Gasteiger partial charge on any atom is 0.251 e. The average Bonchev–Trinajstić information content (AvgIpc) is 2.71. The predicted octanol–water partition coefficient (Wildman–Crippen LogP) is 3.97. The predicted molar refractivity (Wildman–Crippen MR) is 122 cm³/mol. The summed E-state index contributed by atoms with van der Waals surface area (Å²) in [6.07, 6.45) is 0. The summed E-state index contributed by atoms with van der Waals surface area (Å²) in [5.41, 5.74) is 2.35. The van der Waals surface area contributed by atoms with Gasteiger partial charge in [-0.3, -0.25) is 9.10 Å². The molecule has 0 saturated heterocycles. The van der Waals surface area contributed by atoms with Gasteiger partial charge in [0.2, 0.25) is 10.0 Å². The van der Waals surface area contributed by atoms with Crippen LogP contribution in [0.1, 0.15) is 50.5 Å². The van der Waals surface area contributed by atoms with Crippen molar-refractivity contribution in [3.8, 4) is 5.75 Å². The third-order valence-electron chi connectivity index (χ3n) is 4.78. The number of hydrogen-bond donors (Lipinski definition) is 1. The van der Waals surface area contributed by atoms with Crippen LogP contribution >= 0.6 is 0 Å². The van der Waals surface area contributed by atoms with E-state index in [1.165, 1.54) is 9.87 Å². The summed E-state index contributed by atoms with van der Waals surface area (Å²) < 4.78 is 31.3. The number of nitrogens with zero attached hydrogens (tertiary/aromatic N) is 1. The Morgan fingerprint density at radius 1 is 1.00 bits per heavy atom. The smallest absolute Gasteiger partial charge is 0.251 e. The molecule has 0 bridgehead atoms. The van der Waals surface area contributed by atoms with E-state index in [1.54, 1.807) is 38.1 Å². The van der Waals surface area contributed by atoms with Gasteiger partial charge in [0.1, 0.15) is 12.4 Å². The van der Waals surface area contributed by atoms with E-state index in [1.807, 2.05) is 24.3 Å². The van der Waals surface area contributed by atoms with Crippen LogP contribution in [0.4, 0.5) is 5.69 Å². The Balaban J connectivity index is 1.86. The van der Waals surface area contributed by atoms with Gasteiger partial charge in [-0.1, -0.05) is 32.9 Å². The molecule has 0 spiro atoms. The van der Waals surface area contributed by atoms with E-state index in [0.717, 1.165) is 5.75 Å². The molecule has 7 heteroatoms. The van der Waals surface area contributed by atoms with Crippen molar-refractivity contribution in [2.24, 2.45) is 0 Å². The molecule has 1 N–H and O–H groups in total. The molecule has 0 aromatic heterocycles. The first-order valence-corrected chi connectivity index (χ1v) is 11.8. The second-order valence-corrected chi connectivity index (χ2v) is 10.2. The monoisotopic (exact) mass is 432 g/mol. The second-order valence-electron chi connectivity index (χ2n) is 7.99. The van der Waals surface area contributed by atoms with Gasteiger partial charge in [0.05, 0.1) is 18.0 Å². The summed E-state index contributed by atoms with van der Waals surface area (Å²) >= 11 is 0. The normalized spacial score (nSPS) is 11.8. The average molecular weight is 433 g/mol. The van der Waals surface area contributed by atoms with Crippen molar-refractivity contribution in [3.05, 3.63) is 59.7 Å². The molecule has 2 aromatic rings. The molecule has 6 nitrogen and oxygen atoms in total. The molecule has 1 amide bonds. The SMILES string of the molecule is CCN(c1ccc(C(=O)NCCOc2ccc(C(C)(C)C)cc2)cc1)S(=O)(=O)CC. The van der Waals surface area contributed by atoms with Gasteiger partial charge in [-0.15, -0.1) is 0 Å². The molecule has 164 valence electrons. The number of hydrogen-bond acceptors (Lipinski definition) is 4. The summed E-state index contributed by atoms with van der Waals surface area (Å²) in [6, 6.07) is 14.5. The molecule has 0 unspecified atom stereocenters. The second kappa shape index (κ2) is 9.98. The molecule has 0 saturated carbocycles. The first-order chi connectivity index (χ1) is 14.1. The van der Waals surface area contributed by atoms with E-state index in [9.17, 15) is 13.2 Å². The number of benzene rings is 2. The molecule has 0 heterocycles. The third-order valence-corrected chi connectivity index (χ3v) is 6.65. The fourth-order valence-electron chi connectivity index (χ4n) is 2.96. The summed E-state index contributed by atoms with van der Waals surface area (Å²) in [5, 5.41) is 2.81. The van der Waals surface area contributed by atoms with Gasteiger partial charge in [-0.2, -0.15) is 0 Å². The fourth-order valence-corrected chi connectivity index (χ4v) is 4.11. The number of anilines is 1. The highest BCUT2D eigenvalue weighted by Crippen LogP contribution is 2.24. The Morgan fingerprint density at radius 2 is 1.60 bits per heavy atom. The summed E-state index contributed by atoms with van der Waals surface area (Å²) in [5.74, 6) is 0.565. The van der Waals surface area contributed by atoms with Crippen LogP contribution < -0.4 is 14.4 Å². The minimum atomic E-state index is -3.34. The molecule has 0 fully saturated rings. The molecule has 2 rings (SSSR count). The van der Waals surface area contributed by atoms with Crippen LogP contribution in [0, 0.1) is 0 Å². The van der Waals surface area contributed by atoms with Crippen molar-refractivity contribution in [1.29, 1.82) is 0 Å². The molecule has 0 aliphatic heterocycles. The van der Waals surface area contributed by atoms with E-state index in [0.29, 0.717) is 30.9 Å². The van der Waals surface area contributed by atoms with Crippen LogP contribution in [0.15, 0.2) is 48.5 Å². The zero-order chi connectivity index (χ0) is 22.4. The molecule has 0 aliphatic rings. The van der Waals surface area contributed by atoms with E-state index in [2.05, 4.69) is 26.1 Å². The van der Waals surface area contributed by atoms with Crippen molar-refractivity contribution >= 4 is 21.6 Å². The van der Waals surface area contributed by atoms with Crippen LogP contribution in [-0.2, 0) is 15.4 Å². The summed E-state index contributed by atoms with van der Waals surface area (Å²) in [4.78, 5) is 12.3. The Hall–Kier alpha value is -2.54. The quantitative estimate of drug-likeness (QED) is 0.609. The highest BCUT2D eigenvalue weighted by Gasteiger charge is 2.19.